The Balaban J connectivity index is 2.46. The molecule has 0 aliphatic rings. The van der Waals surface area contributed by atoms with E-state index in [-0.39, 0.29) is 0 Å². The van der Waals surface area contributed by atoms with E-state index in [9.17, 15) is 4.79 Å². The molecule has 4 N–H and O–H groups in total. The van der Waals surface area contributed by atoms with E-state index >= 15 is 0 Å². The van der Waals surface area contributed by atoms with Crippen LogP contribution in [0.5, 0.6) is 0 Å². The van der Waals surface area contributed by atoms with Gasteiger partial charge in [0.15, 0.2) is 5.82 Å². The molecule has 0 aliphatic heterocycles. The lowest BCUT2D eigenvalue weighted by Gasteiger charge is -2.04. The van der Waals surface area contributed by atoms with E-state index < -0.39 is 5.91 Å². The molecule has 0 saturated heterocycles. The number of carbonyl (C=O) groups is 1. The summed E-state index contributed by atoms with van der Waals surface area (Å²) < 4.78 is 1.49. The second-order valence-electron chi connectivity index (χ2n) is 3.23. The Morgan fingerprint density at radius 2 is 2.31 bits per heavy atom. The van der Waals surface area contributed by atoms with Gasteiger partial charge in [-0.1, -0.05) is 6.07 Å². The predicted octanol–water partition coefficient (Wildman–Crippen LogP) is -0.175. The summed E-state index contributed by atoms with van der Waals surface area (Å²) in [5, 5.41) is 4.01. The molecule has 0 bridgehead atoms. The highest BCUT2D eigenvalue weighted by atomic mass is 16.1. The summed E-state index contributed by atoms with van der Waals surface area (Å²) in [6, 6.07) is 3.65. The van der Waals surface area contributed by atoms with Gasteiger partial charge in [-0.05, 0) is 6.07 Å². The van der Waals surface area contributed by atoms with Crippen molar-refractivity contribution in [1.29, 1.82) is 0 Å². The zero-order chi connectivity index (χ0) is 11.5. The van der Waals surface area contributed by atoms with Crippen LogP contribution in [0.3, 0.4) is 0 Å². The Bertz CT molecular complexity index is 519. The van der Waals surface area contributed by atoms with Crippen LogP contribution < -0.4 is 11.5 Å². The standard InChI is InChI=1S/C10H11N5O/c11-4-7-2-1-3-13-10(7)15-6-8(5-14-15)9(12)16/h1-3,5-6H,4,11H2,(H2,12,16). The molecule has 2 aromatic heterocycles. The number of nitrogens with two attached hydrogens (primary N) is 2. The SMILES string of the molecule is NCc1cccnc1-n1cc(C(N)=O)cn1. The molecular weight excluding hydrogens is 206 g/mol. The van der Waals surface area contributed by atoms with Crippen molar-refractivity contribution in [3.8, 4) is 5.82 Å². The molecule has 0 radical (unpaired) electrons. The minimum atomic E-state index is -0.517. The van der Waals surface area contributed by atoms with Crippen molar-refractivity contribution in [3.05, 3.63) is 41.9 Å². The van der Waals surface area contributed by atoms with Crippen molar-refractivity contribution in [2.45, 2.75) is 6.54 Å². The first-order valence-corrected chi connectivity index (χ1v) is 4.71. The highest BCUT2D eigenvalue weighted by Crippen LogP contribution is 2.10. The summed E-state index contributed by atoms with van der Waals surface area (Å²) in [5.41, 5.74) is 11.9. The third-order valence-corrected chi connectivity index (χ3v) is 2.17. The fourth-order valence-corrected chi connectivity index (χ4v) is 1.36. The summed E-state index contributed by atoms with van der Waals surface area (Å²) in [6.07, 6.45) is 4.57. The average molecular weight is 217 g/mol. The lowest BCUT2D eigenvalue weighted by molar-refractivity contribution is 0.100. The Kier molecular flexibility index (Phi) is 2.65. The predicted molar refractivity (Wildman–Crippen MR) is 57.8 cm³/mol. The molecule has 2 rings (SSSR count). The molecule has 0 atom stereocenters. The minimum absolute atomic E-state index is 0.341. The topological polar surface area (TPSA) is 99.8 Å². The highest BCUT2D eigenvalue weighted by molar-refractivity contribution is 5.92. The molecule has 0 spiro atoms. The quantitative estimate of drug-likeness (QED) is 0.745. The maximum atomic E-state index is 10.9. The first-order valence-electron chi connectivity index (χ1n) is 4.71. The van der Waals surface area contributed by atoms with Crippen LogP contribution in [0.4, 0.5) is 0 Å². The smallest absolute Gasteiger partial charge is 0.251 e. The summed E-state index contributed by atoms with van der Waals surface area (Å²) in [4.78, 5) is 15.1. The maximum absolute atomic E-state index is 10.9. The molecule has 6 nitrogen and oxygen atoms in total. The number of carbonyl (C=O) groups excluding carboxylic acids is 1. The molecule has 2 aromatic rings. The summed E-state index contributed by atoms with van der Waals surface area (Å²) >= 11 is 0. The molecule has 6 heteroatoms. The average Bonchev–Trinajstić information content (AvgIpc) is 2.78. The van der Waals surface area contributed by atoms with Gasteiger partial charge >= 0.3 is 0 Å². The van der Waals surface area contributed by atoms with Crippen LogP contribution in [-0.4, -0.2) is 20.7 Å². The van der Waals surface area contributed by atoms with Gasteiger partial charge in [-0.15, -0.1) is 0 Å². The molecule has 0 unspecified atom stereocenters. The number of hydrogen-bond donors (Lipinski definition) is 2. The molecule has 82 valence electrons. The first kappa shape index (κ1) is 10.3. The van der Waals surface area contributed by atoms with Gasteiger partial charge in [0.25, 0.3) is 5.91 Å². The lowest BCUT2D eigenvalue weighted by Crippen LogP contribution is -2.10. The first-order chi connectivity index (χ1) is 7.72. The van der Waals surface area contributed by atoms with Gasteiger partial charge in [0, 0.05) is 24.5 Å². The van der Waals surface area contributed by atoms with Crippen molar-refractivity contribution >= 4 is 5.91 Å². The molecule has 0 aliphatic carbocycles. The number of nitrogens with zero attached hydrogens (tertiary/aromatic N) is 3. The van der Waals surface area contributed by atoms with Crippen molar-refractivity contribution in [2.24, 2.45) is 11.5 Å². The van der Waals surface area contributed by atoms with E-state index in [4.69, 9.17) is 11.5 Å². The van der Waals surface area contributed by atoms with Crippen LogP contribution in [0.25, 0.3) is 5.82 Å². The molecule has 0 saturated carbocycles. The fraction of sp³-hybridized carbons (Fsp3) is 0.100. The zero-order valence-corrected chi connectivity index (χ0v) is 8.50. The molecule has 1 amide bonds. The number of primary amides is 1. The number of aromatic nitrogens is 3. The molecule has 0 fully saturated rings. The van der Waals surface area contributed by atoms with Gasteiger partial charge in [0.05, 0.1) is 11.8 Å². The van der Waals surface area contributed by atoms with E-state index in [0.717, 1.165) is 5.56 Å². The Labute approximate surface area is 91.9 Å². The van der Waals surface area contributed by atoms with E-state index in [0.29, 0.717) is 17.9 Å². The van der Waals surface area contributed by atoms with Gasteiger partial charge in [-0.25, -0.2) is 9.67 Å². The molecular formula is C10H11N5O. The number of rotatable bonds is 3. The van der Waals surface area contributed by atoms with Gasteiger partial charge in [-0.3, -0.25) is 4.79 Å². The number of hydrogen-bond acceptors (Lipinski definition) is 4. The van der Waals surface area contributed by atoms with Crippen LogP contribution in [0.2, 0.25) is 0 Å². The second kappa shape index (κ2) is 4.11. The van der Waals surface area contributed by atoms with Crippen LogP contribution in [-0.2, 0) is 6.54 Å². The molecule has 16 heavy (non-hydrogen) atoms. The van der Waals surface area contributed by atoms with Crippen molar-refractivity contribution < 1.29 is 4.79 Å². The Morgan fingerprint density at radius 3 is 2.94 bits per heavy atom. The van der Waals surface area contributed by atoms with Crippen molar-refractivity contribution in [1.82, 2.24) is 14.8 Å². The second-order valence-corrected chi connectivity index (χ2v) is 3.23. The fourth-order valence-electron chi connectivity index (χ4n) is 1.36. The Hall–Kier alpha value is -2.21. The van der Waals surface area contributed by atoms with Crippen LogP contribution in [0.15, 0.2) is 30.7 Å². The van der Waals surface area contributed by atoms with Gasteiger partial charge in [0.2, 0.25) is 0 Å². The lowest BCUT2D eigenvalue weighted by atomic mass is 10.2. The molecule has 2 heterocycles. The zero-order valence-electron chi connectivity index (χ0n) is 8.50. The minimum Gasteiger partial charge on any atom is -0.366 e. The monoisotopic (exact) mass is 217 g/mol. The van der Waals surface area contributed by atoms with E-state index in [2.05, 4.69) is 10.1 Å². The third kappa shape index (κ3) is 1.78. The maximum Gasteiger partial charge on any atom is 0.251 e. The highest BCUT2D eigenvalue weighted by Gasteiger charge is 2.08. The van der Waals surface area contributed by atoms with Gasteiger partial charge < -0.3 is 11.5 Å². The summed E-state index contributed by atoms with van der Waals surface area (Å²) in [6.45, 7) is 0.356. The van der Waals surface area contributed by atoms with Gasteiger partial charge in [0.1, 0.15) is 0 Å². The number of amides is 1. The normalized spacial score (nSPS) is 10.3. The van der Waals surface area contributed by atoms with E-state index in [1.165, 1.54) is 17.1 Å². The van der Waals surface area contributed by atoms with E-state index in [1.807, 2.05) is 6.07 Å². The van der Waals surface area contributed by atoms with Crippen molar-refractivity contribution in [2.75, 3.05) is 0 Å². The third-order valence-electron chi connectivity index (χ3n) is 2.17. The number of pyridine rings is 1. The Morgan fingerprint density at radius 1 is 1.50 bits per heavy atom. The summed E-state index contributed by atoms with van der Waals surface area (Å²) in [5.74, 6) is 0.0916. The van der Waals surface area contributed by atoms with Crippen molar-refractivity contribution in [3.63, 3.8) is 0 Å². The van der Waals surface area contributed by atoms with Crippen LogP contribution in [0, 0.1) is 0 Å². The summed E-state index contributed by atoms with van der Waals surface area (Å²) in [7, 11) is 0. The van der Waals surface area contributed by atoms with Crippen LogP contribution in [0.1, 0.15) is 15.9 Å². The van der Waals surface area contributed by atoms with E-state index in [1.54, 1.807) is 12.3 Å². The largest absolute Gasteiger partial charge is 0.366 e. The van der Waals surface area contributed by atoms with Crippen LogP contribution >= 0.6 is 0 Å². The van der Waals surface area contributed by atoms with Gasteiger partial charge in [-0.2, -0.15) is 5.10 Å². The molecule has 0 aromatic carbocycles.